The van der Waals surface area contributed by atoms with Crippen LogP contribution >= 0.6 is 0 Å². The molecule has 1 aromatic rings. The first-order valence-electron chi connectivity index (χ1n) is 4.24. The zero-order chi connectivity index (χ0) is 9.52. The summed E-state index contributed by atoms with van der Waals surface area (Å²) >= 11 is 0. The Kier molecular flexibility index (Phi) is 3.76. The summed E-state index contributed by atoms with van der Waals surface area (Å²) in [5.41, 5.74) is 1.02. The Morgan fingerprint density at radius 2 is 2.08 bits per heavy atom. The van der Waals surface area contributed by atoms with Crippen LogP contribution in [0.25, 0.3) is 6.08 Å². The summed E-state index contributed by atoms with van der Waals surface area (Å²) in [6, 6.07) is 9.69. The highest BCUT2D eigenvalue weighted by Crippen LogP contribution is 2.01. The number of rotatable bonds is 3. The number of hydrogen-bond acceptors (Lipinski definition) is 2. The van der Waals surface area contributed by atoms with E-state index in [2.05, 4.69) is 0 Å². The van der Waals surface area contributed by atoms with Gasteiger partial charge in [-0.05, 0) is 11.6 Å². The molecule has 0 aliphatic carbocycles. The van der Waals surface area contributed by atoms with Crippen molar-refractivity contribution in [2.45, 2.75) is 13.3 Å². The van der Waals surface area contributed by atoms with E-state index in [4.69, 9.17) is 4.74 Å². The first-order valence-corrected chi connectivity index (χ1v) is 4.24. The number of hydrogen-bond donors (Lipinski definition) is 0. The van der Waals surface area contributed by atoms with E-state index in [-0.39, 0.29) is 5.97 Å². The van der Waals surface area contributed by atoms with Gasteiger partial charge in [-0.1, -0.05) is 37.3 Å². The monoisotopic (exact) mass is 176 g/mol. The summed E-state index contributed by atoms with van der Waals surface area (Å²) in [7, 11) is 0. The van der Waals surface area contributed by atoms with Gasteiger partial charge in [-0.15, -0.1) is 0 Å². The van der Waals surface area contributed by atoms with E-state index < -0.39 is 0 Å². The van der Waals surface area contributed by atoms with Crippen LogP contribution in [0.3, 0.4) is 0 Å². The summed E-state index contributed by atoms with van der Waals surface area (Å²) in [6.45, 7) is 1.76. The molecule has 68 valence electrons. The van der Waals surface area contributed by atoms with Crippen LogP contribution in [0.2, 0.25) is 0 Å². The molecule has 0 unspecified atom stereocenters. The van der Waals surface area contributed by atoms with Gasteiger partial charge in [0.25, 0.3) is 0 Å². The molecular weight excluding hydrogens is 164 g/mol. The van der Waals surface area contributed by atoms with Gasteiger partial charge in [0.05, 0.1) is 6.26 Å². The minimum absolute atomic E-state index is 0.216. The quantitative estimate of drug-likeness (QED) is 0.522. The second kappa shape index (κ2) is 5.14. The van der Waals surface area contributed by atoms with E-state index in [1.807, 2.05) is 30.3 Å². The van der Waals surface area contributed by atoms with Crippen molar-refractivity contribution in [3.8, 4) is 0 Å². The molecule has 2 nitrogen and oxygen atoms in total. The first-order chi connectivity index (χ1) is 6.33. The molecule has 0 saturated heterocycles. The van der Waals surface area contributed by atoms with Gasteiger partial charge in [0, 0.05) is 6.42 Å². The molecule has 0 N–H and O–H groups in total. The fraction of sp³-hybridized carbons (Fsp3) is 0.182. The Morgan fingerprint density at radius 3 is 2.69 bits per heavy atom. The van der Waals surface area contributed by atoms with Gasteiger partial charge in [-0.2, -0.15) is 0 Å². The second-order valence-electron chi connectivity index (χ2n) is 2.56. The van der Waals surface area contributed by atoms with Crippen molar-refractivity contribution in [1.82, 2.24) is 0 Å². The molecule has 0 fully saturated rings. The fourth-order valence-electron chi connectivity index (χ4n) is 0.836. The topological polar surface area (TPSA) is 26.3 Å². The van der Waals surface area contributed by atoms with E-state index in [1.165, 1.54) is 6.26 Å². The lowest BCUT2D eigenvalue weighted by Gasteiger charge is -1.94. The number of esters is 1. The smallest absolute Gasteiger partial charge is 0.310 e. The van der Waals surface area contributed by atoms with Gasteiger partial charge in [-0.25, -0.2) is 0 Å². The van der Waals surface area contributed by atoms with E-state index in [0.29, 0.717) is 6.42 Å². The van der Waals surface area contributed by atoms with Crippen molar-refractivity contribution in [2.24, 2.45) is 0 Å². The van der Waals surface area contributed by atoms with Gasteiger partial charge in [0.2, 0.25) is 0 Å². The van der Waals surface area contributed by atoms with Gasteiger partial charge in [-0.3, -0.25) is 4.79 Å². The third kappa shape index (κ3) is 3.56. The van der Waals surface area contributed by atoms with Crippen LogP contribution in [0.1, 0.15) is 18.9 Å². The lowest BCUT2D eigenvalue weighted by atomic mass is 10.2. The maximum atomic E-state index is 10.7. The van der Waals surface area contributed by atoms with Crippen molar-refractivity contribution in [3.63, 3.8) is 0 Å². The number of carbonyl (C=O) groups excluding carboxylic acids is 1. The average Bonchev–Trinajstić information content (AvgIpc) is 2.19. The van der Waals surface area contributed by atoms with Crippen LogP contribution in [-0.2, 0) is 9.53 Å². The van der Waals surface area contributed by atoms with Crippen LogP contribution in [0.15, 0.2) is 36.6 Å². The molecule has 0 radical (unpaired) electrons. The molecule has 0 atom stereocenters. The molecule has 0 saturated carbocycles. The molecule has 0 spiro atoms. The Balaban J connectivity index is 2.45. The third-order valence-electron chi connectivity index (χ3n) is 1.55. The van der Waals surface area contributed by atoms with Crippen molar-refractivity contribution in [2.75, 3.05) is 0 Å². The highest BCUT2D eigenvalue weighted by Gasteiger charge is 1.92. The van der Waals surface area contributed by atoms with E-state index in [0.717, 1.165) is 5.56 Å². The molecule has 0 amide bonds. The van der Waals surface area contributed by atoms with Gasteiger partial charge in [0.1, 0.15) is 0 Å². The zero-order valence-electron chi connectivity index (χ0n) is 7.57. The summed E-state index contributed by atoms with van der Waals surface area (Å²) in [5, 5.41) is 0. The van der Waals surface area contributed by atoms with Crippen LogP contribution < -0.4 is 0 Å². The third-order valence-corrected chi connectivity index (χ3v) is 1.55. The van der Waals surface area contributed by atoms with Crippen LogP contribution in [0.5, 0.6) is 0 Å². The maximum absolute atomic E-state index is 10.7. The number of benzene rings is 1. The normalized spacial score (nSPS) is 10.2. The van der Waals surface area contributed by atoms with Crippen molar-refractivity contribution in [1.29, 1.82) is 0 Å². The summed E-state index contributed by atoms with van der Waals surface area (Å²) < 4.78 is 4.78. The molecule has 1 rings (SSSR count). The van der Waals surface area contributed by atoms with E-state index >= 15 is 0 Å². The molecule has 13 heavy (non-hydrogen) atoms. The van der Waals surface area contributed by atoms with Crippen LogP contribution in [0, 0.1) is 0 Å². The zero-order valence-corrected chi connectivity index (χ0v) is 7.57. The Hall–Kier alpha value is -1.57. The highest BCUT2D eigenvalue weighted by molar-refractivity contribution is 5.70. The summed E-state index contributed by atoms with van der Waals surface area (Å²) in [5.74, 6) is -0.216. The predicted molar refractivity (Wildman–Crippen MR) is 51.9 cm³/mol. The highest BCUT2D eigenvalue weighted by atomic mass is 16.5. The van der Waals surface area contributed by atoms with Gasteiger partial charge < -0.3 is 4.74 Å². The van der Waals surface area contributed by atoms with Gasteiger partial charge in [0.15, 0.2) is 0 Å². The van der Waals surface area contributed by atoms with E-state index in [1.54, 1.807) is 13.0 Å². The molecule has 0 aromatic heterocycles. The summed E-state index contributed by atoms with van der Waals surface area (Å²) in [6.07, 6.45) is 3.58. The average molecular weight is 176 g/mol. The Labute approximate surface area is 77.8 Å². The van der Waals surface area contributed by atoms with Crippen LogP contribution in [0.4, 0.5) is 0 Å². The summed E-state index contributed by atoms with van der Waals surface area (Å²) in [4.78, 5) is 10.7. The number of ether oxygens (including phenoxy) is 1. The minimum Gasteiger partial charge on any atom is -0.434 e. The fourth-order valence-corrected chi connectivity index (χ4v) is 0.836. The maximum Gasteiger partial charge on any atom is 0.310 e. The first kappa shape index (κ1) is 9.52. The number of carbonyl (C=O) groups is 1. The molecule has 0 aliphatic rings. The van der Waals surface area contributed by atoms with Crippen LogP contribution in [-0.4, -0.2) is 5.97 Å². The second-order valence-corrected chi connectivity index (χ2v) is 2.56. The van der Waals surface area contributed by atoms with Crippen molar-refractivity contribution >= 4 is 12.0 Å². The SMILES string of the molecule is CCC(=O)OC=Cc1ccccc1. The lowest BCUT2D eigenvalue weighted by molar-refractivity contribution is -0.137. The Bertz CT molecular complexity index is 288. The largest absolute Gasteiger partial charge is 0.434 e. The van der Waals surface area contributed by atoms with Crippen molar-refractivity contribution in [3.05, 3.63) is 42.2 Å². The van der Waals surface area contributed by atoms with E-state index in [9.17, 15) is 4.79 Å². The molecule has 0 heterocycles. The molecule has 1 aromatic carbocycles. The molecule has 0 bridgehead atoms. The standard InChI is InChI=1S/C11H12O2/c1-2-11(12)13-9-8-10-6-4-3-5-7-10/h3-9H,2H2,1H3. The molecule has 0 aliphatic heterocycles. The Morgan fingerprint density at radius 1 is 1.38 bits per heavy atom. The van der Waals surface area contributed by atoms with Crippen molar-refractivity contribution < 1.29 is 9.53 Å². The molecule has 2 heteroatoms. The molecular formula is C11H12O2. The minimum atomic E-state index is -0.216. The predicted octanol–water partition coefficient (Wildman–Crippen LogP) is 2.61. The van der Waals surface area contributed by atoms with Gasteiger partial charge >= 0.3 is 5.97 Å². The lowest BCUT2D eigenvalue weighted by Crippen LogP contribution is -1.94.